The van der Waals surface area contributed by atoms with Crippen molar-refractivity contribution < 1.29 is 0 Å². The maximum absolute atomic E-state index is 6.14. The van der Waals surface area contributed by atoms with Gasteiger partial charge in [0.1, 0.15) is 0 Å². The van der Waals surface area contributed by atoms with Gasteiger partial charge in [-0.1, -0.05) is 58.5 Å². The molecule has 0 heterocycles. The highest BCUT2D eigenvalue weighted by Gasteiger charge is 2.15. The van der Waals surface area contributed by atoms with Gasteiger partial charge in [0, 0.05) is 11.1 Å². The monoisotopic (exact) mass is 305 g/mol. The summed E-state index contributed by atoms with van der Waals surface area (Å²) in [4.78, 5) is 0. The molecule has 0 saturated carbocycles. The third-order valence-corrected chi connectivity index (χ3v) is 3.88. The molecule has 0 fully saturated rings. The Labute approximate surface area is 119 Å². The van der Waals surface area contributed by atoms with Crippen LogP contribution in [0, 0.1) is 0 Å². The lowest BCUT2D eigenvalue weighted by Crippen LogP contribution is -1.90. The molecule has 0 radical (unpaired) electrons. The first kappa shape index (κ1) is 12.8. The smallest absolute Gasteiger partial charge is 0.0714 e. The lowest BCUT2D eigenvalue weighted by molar-refractivity contribution is 1.61. The molecule has 2 aromatic rings. The van der Waals surface area contributed by atoms with Gasteiger partial charge in [-0.3, -0.25) is 0 Å². The Morgan fingerprint density at radius 2 is 1.41 bits per heavy atom. The van der Waals surface area contributed by atoms with E-state index in [9.17, 15) is 0 Å². The SMILES string of the molecule is Nc1cccc(-c2c(Cl)ccc(Cl)c2Cl)c1Cl. The Balaban J connectivity index is 2.77. The van der Waals surface area contributed by atoms with Crippen LogP contribution in [0.3, 0.4) is 0 Å². The number of anilines is 1. The van der Waals surface area contributed by atoms with Crippen molar-refractivity contribution >= 4 is 52.1 Å². The molecule has 0 atom stereocenters. The summed E-state index contributed by atoms with van der Waals surface area (Å²) >= 11 is 24.4. The third kappa shape index (κ3) is 2.34. The summed E-state index contributed by atoms with van der Waals surface area (Å²) in [5.74, 6) is 0. The quantitative estimate of drug-likeness (QED) is 0.542. The highest BCUT2D eigenvalue weighted by atomic mass is 35.5. The van der Waals surface area contributed by atoms with Crippen molar-refractivity contribution in [3.8, 4) is 11.1 Å². The third-order valence-electron chi connectivity index (χ3n) is 2.34. The van der Waals surface area contributed by atoms with Gasteiger partial charge in [0.2, 0.25) is 0 Å². The highest BCUT2D eigenvalue weighted by molar-refractivity contribution is 6.47. The Morgan fingerprint density at radius 3 is 2.12 bits per heavy atom. The molecular formula is C12H7Cl4N. The van der Waals surface area contributed by atoms with Crippen molar-refractivity contribution in [3.05, 3.63) is 50.4 Å². The van der Waals surface area contributed by atoms with Crippen LogP contribution in [-0.2, 0) is 0 Å². The van der Waals surface area contributed by atoms with Gasteiger partial charge in [-0.05, 0) is 18.2 Å². The van der Waals surface area contributed by atoms with E-state index < -0.39 is 0 Å². The van der Waals surface area contributed by atoms with Gasteiger partial charge >= 0.3 is 0 Å². The van der Waals surface area contributed by atoms with Gasteiger partial charge < -0.3 is 5.73 Å². The van der Waals surface area contributed by atoms with Gasteiger partial charge in [0.05, 0.1) is 25.8 Å². The molecule has 0 aliphatic rings. The van der Waals surface area contributed by atoms with E-state index in [4.69, 9.17) is 52.1 Å². The van der Waals surface area contributed by atoms with Crippen LogP contribution in [0.4, 0.5) is 5.69 Å². The van der Waals surface area contributed by atoms with E-state index in [1.165, 1.54) is 0 Å². The van der Waals surface area contributed by atoms with E-state index in [-0.39, 0.29) is 0 Å². The summed E-state index contributed by atoms with van der Waals surface area (Å²) in [7, 11) is 0. The largest absolute Gasteiger partial charge is 0.398 e. The maximum atomic E-state index is 6.14. The number of benzene rings is 2. The predicted molar refractivity (Wildman–Crippen MR) is 76.3 cm³/mol. The normalized spacial score (nSPS) is 10.6. The molecule has 0 saturated heterocycles. The van der Waals surface area contributed by atoms with E-state index >= 15 is 0 Å². The first-order valence-corrected chi connectivity index (χ1v) is 6.21. The fourth-order valence-electron chi connectivity index (χ4n) is 1.52. The molecule has 0 aliphatic carbocycles. The minimum atomic E-state index is 0.367. The van der Waals surface area contributed by atoms with Crippen LogP contribution in [0.5, 0.6) is 0 Å². The fraction of sp³-hybridized carbons (Fsp3) is 0. The van der Waals surface area contributed by atoms with Crippen LogP contribution >= 0.6 is 46.4 Å². The fourth-order valence-corrected chi connectivity index (χ4v) is 2.47. The zero-order valence-corrected chi connectivity index (χ0v) is 11.5. The number of nitrogens with two attached hydrogens (primary N) is 1. The summed E-state index contributed by atoms with van der Waals surface area (Å²) in [5.41, 5.74) is 7.48. The van der Waals surface area contributed by atoms with Crippen LogP contribution in [0.15, 0.2) is 30.3 Å². The molecule has 2 rings (SSSR count). The molecule has 5 heteroatoms. The van der Waals surface area contributed by atoms with Crippen LogP contribution < -0.4 is 5.73 Å². The molecule has 17 heavy (non-hydrogen) atoms. The second-order valence-electron chi connectivity index (χ2n) is 3.43. The molecule has 0 unspecified atom stereocenters. The van der Waals surface area contributed by atoms with Crippen molar-refractivity contribution in [2.75, 3.05) is 5.73 Å². The summed E-state index contributed by atoms with van der Waals surface area (Å²) in [6, 6.07) is 8.59. The number of nitrogen functional groups attached to an aromatic ring is 1. The first-order valence-electron chi connectivity index (χ1n) is 4.70. The number of hydrogen-bond donors (Lipinski definition) is 1. The van der Waals surface area contributed by atoms with Crippen molar-refractivity contribution in [2.45, 2.75) is 0 Å². The molecule has 2 N–H and O–H groups in total. The van der Waals surface area contributed by atoms with Gasteiger partial charge in [0.25, 0.3) is 0 Å². The van der Waals surface area contributed by atoms with Crippen LogP contribution in [0.25, 0.3) is 11.1 Å². The average molecular weight is 307 g/mol. The Bertz CT molecular complexity index is 581. The second-order valence-corrected chi connectivity index (χ2v) is 5.00. The number of hydrogen-bond acceptors (Lipinski definition) is 1. The highest BCUT2D eigenvalue weighted by Crippen LogP contribution is 2.43. The van der Waals surface area contributed by atoms with Crippen LogP contribution in [0.1, 0.15) is 0 Å². The van der Waals surface area contributed by atoms with Gasteiger partial charge in [-0.2, -0.15) is 0 Å². The zero-order chi connectivity index (χ0) is 12.6. The van der Waals surface area contributed by atoms with E-state index in [2.05, 4.69) is 0 Å². The lowest BCUT2D eigenvalue weighted by atomic mass is 10.0. The summed E-state index contributed by atoms with van der Waals surface area (Å²) in [6.45, 7) is 0. The first-order chi connectivity index (χ1) is 8.02. The summed E-state index contributed by atoms with van der Waals surface area (Å²) < 4.78 is 0. The van der Waals surface area contributed by atoms with Crippen LogP contribution in [0.2, 0.25) is 20.1 Å². The molecule has 88 valence electrons. The molecular weight excluding hydrogens is 300 g/mol. The van der Waals surface area contributed by atoms with E-state index in [0.717, 1.165) is 0 Å². The maximum Gasteiger partial charge on any atom is 0.0714 e. The number of rotatable bonds is 1. The molecule has 0 aliphatic heterocycles. The zero-order valence-electron chi connectivity index (χ0n) is 8.48. The topological polar surface area (TPSA) is 26.0 Å². The Kier molecular flexibility index (Phi) is 3.74. The van der Waals surface area contributed by atoms with Crippen LogP contribution in [-0.4, -0.2) is 0 Å². The average Bonchev–Trinajstić information content (AvgIpc) is 2.30. The van der Waals surface area contributed by atoms with Crippen molar-refractivity contribution in [1.82, 2.24) is 0 Å². The number of halogens is 4. The minimum Gasteiger partial charge on any atom is -0.398 e. The van der Waals surface area contributed by atoms with E-state index in [0.29, 0.717) is 36.9 Å². The summed E-state index contributed by atoms with van der Waals surface area (Å²) in [5, 5.41) is 1.68. The summed E-state index contributed by atoms with van der Waals surface area (Å²) in [6.07, 6.45) is 0. The Hall–Kier alpha value is -0.600. The van der Waals surface area contributed by atoms with Gasteiger partial charge in [-0.25, -0.2) is 0 Å². The molecule has 0 spiro atoms. The molecule has 1 nitrogen and oxygen atoms in total. The van der Waals surface area contributed by atoms with Gasteiger partial charge in [-0.15, -0.1) is 0 Å². The second kappa shape index (κ2) is 4.95. The molecule has 0 amide bonds. The van der Waals surface area contributed by atoms with Crippen molar-refractivity contribution in [2.24, 2.45) is 0 Å². The predicted octanol–water partition coefficient (Wildman–Crippen LogP) is 5.55. The molecule has 0 aromatic heterocycles. The Morgan fingerprint density at radius 1 is 0.765 bits per heavy atom. The molecule has 0 bridgehead atoms. The standard InChI is InChI=1S/C12H7Cl4N/c13-7-4-5-8(14)12(16)10(7)6-2-1-3-9(17)11(6)15/h1-5H,17H2. The minimum absolute atomic E-state index is 0.367. The van der Waals surface area contributed by atoms with E-state index in [1.54, 1.807) is 30.3 Å². The van der Waals surface area contributed by atoms with Crippen molar-refractivity contribution in [3.63, 3.8) is 0 Å². The van der Waals surface area contributed by atoms with Gasteiger partial charge in [0.15, 0.2) is 0 Å². The molecule has 2 aromatic carbocycles. The lowest BCUT2D eigenvalue weighted by Gasteiger charge is -2.11. The van der Waals surface area contributed by atoms with Crippen molar-refractivity contribution in [1.29, 1.82) is 0 Å². The van der Waals surface area contributed by atoms with E-state index in [1.807, 2.05) is 0 Å².